The van der Waals surface area contributed by atoms with Gasteiger partial charge in [0.1, 0.15) is 0 Å². The molecule has 0 aliphatic carbocycles. The van der Waals surface area contributed by atoms with E-state index in [4.69, 9.17) is 4.74 Å². The maximum atomic E-state index is 9.18. The zero-order chi connectivity index (χ0) is 11.1. The van der Waals surface area contributed by atoms with Gasteiger partial charge in [0.2, 0.25) is 0 Å². The van der Waals surface area contributed by atoms with Crippen LogP contribution in [0.5, 0.6) is 0 Å². The number of ether oxygens (including phenoxy) is 1. The molecule has 0 fully saturated rings. The van der Waals surface area contributed by atoms with Crippen molar-refractivity contribution >= 4 is 0 Å². The van der Waals surface area contributed by atoms with Crippen molar-refractivity contribution in [2.45, 2.75) is 33.0 Å². The number of benzene rings is 1. The lowest BCUT2D eigenvalue weighted by molar-refractivity contribution is 0.0694. The van der Waals surface area contributed by atoms with Gasteiger partial charge in [0.15, 0.2) is 0 Å². The number of rotatable bonds is 6. The van der Waals surface area contributed by atoms with Gasteiger partial charge in [-0.2, -0.15) is 0 Å². The molecular formula is C13H20O2. The molecule has 0 aromatic heterocycles. The lowest BCUT2D eigenvalue weighted by Crippen LogP contribution is -2.12. The molecule has 2 nitrogen and oxygen atoms in total. The molecule has 1 N–H and O–H groups in total. The summed E-state index contributed by atoms with van der Waals surface area (Å²) in [5, 5.41) is 9.18. The summed E-state index contributed by atoms with van der Waals surface area (Å²) in [6.07, 6.45) is 0.565. The summed E-state index contributed by atoms with van der Waals surface area (Å²) in [7, 11) is 0. The fourth-order valence-electron chi connectivity index (χ4n) is 1.60. The highest BCUT2D eigenvalue weighted by Gasteiger charge is 2.05. The van der Waals surface area contributed by atoms with E-state index in [1.807, 2.05) is 25.1 Å². The summed E-state index contributed by atoms with van der Waals surface area (Å²) < 4.78 is 5.57. The first-order valence-corrected chi connectivity index (χ1v) is 5.48. The normalized spacial score (nSPS) is 14.9. The molecule has 1 aromatic carbocycles. The van der Waals surface area contributed by atoms with Crippen LogP contribution in [-0.2, 0) is 11.3 Å². The Labute approximate surface area is 91.9 Å². The molecule has 1 aromatic rings. The van der Waals surface area contributed by atoms with Gasteiger partial charge in [-0.3, -0.25) is 0 Å². The van der Waals surface area contributed by atoms with Gasteiger partial charge in [-0.1, -0.05) is 37.3 Å². The maximum absolute atomic E-state index is 9.18. The van der Waals surface area contributed by atoms with Gasteiger partial charge in [0.25, 0.3) is 0 Å². The van der Waals surface area contributed by atoms with Crippen molar-refractivity contribution in [1.29, 1.82) is 0 Å². The summed E-state index contributed by atoms with van der Waals surface area (Å²) in [5.74, 6) is 0.411. The summed E-state index contributed by atoms with van der Waals surface area (Å²) >= 11 is 0. The molecule has 1 rings (SSSR count). The van der Waals surface area contributed by atoms with Crippen molar-refractivity contribution in [1.82, 2.24) is 0 Å². The van der Waals surface area contributed by atoms with Crippen LogP contribution >= 0.6 is 0 Å². The summed E-state index contributed by atoms with van der Waals surface area (Å²) in [5.41, 5.74) is 1.20. The number of hydrogen-bond acceptors (Lipinski definition) is 2. The van der Waals surface area contributed by atoms with Crippen LogP contribution in [0.3, 0.4) is 0 Å². The highest BCUT2D eigenvalue weighted by atomic mass is 16.5. The van der Waals surface area contributed by atoms with E-state index in [1.54, 1.807) is 0 Å². The molecule has 84 valence electrons. The first-order valence-electron chi connectivity index (χ1n) is 5.48. The summed E-state index contributed by atoms with van der Waals surface area (Å²) in [4.78, 5) is 0. The van der Waals surface area contributed by atoms with Crippen molar-refractivity contribution < 1.29 is 9.84 Å². The van der Waals surface area contributed by atoms with Gasteiger partial charge in [0, 0.05) is 6.61 Å². The minimum atomic E-state index is -0.236. The third kappa shape index (κ3) is 5.55. The van der Waals surface area contributed by atoms with Crippen molar-refractivity contribution in [3.63, 3.8) is 0 Å². The number of aliphatic hydroxyl groups is 1. The van der Waals surface area contributed by atoms with Crippen LogP contribution in [0.1, 0.15) is 25.8 Å². The Morgan fingerprint density at radius 3 is 2.47 bits per heavy atom. The molecule has 2 atom stereocenters. The Bertz CT molecular complexity index is 256. The first kappa shape index (κ1) is 12.2. The average molecular weight is 208 g/mol. The molecule has 0 bridgehead atoms. The van der Waals surface area contributed by atoms with Crippen molar-refractivity contribution in [3.05, 3.63) is 35.9 Å². The predicted octanol–water partition coefficient (Wildman–Crippen LogP) is 2.61. The topological polar surface area (TPSA) is 29.5 Å². The van der Waals surface area contributed by atoms with E-state index >= 15 is 0 Å². The Hall–Kier alpha value is -0.860. The Morgan fingerprint density at radius 1 is 1.20 bits per heavy atom. The molecule has 2 unspecified atom stereocenters. The highest BCUT2D eigenvalue weighted by molar-refractivity contribution is 5.13. The van der Waals surface area contributed by atoms with Gasteiger partial charge in [-0.05, 0) is 24.8 Å². The van der Waals surface area contributed by atoms with Crippen LogP contribution < -0.4 is 0 Å². The van der Waals surface area contributed by atoms with Crippen LogP contribution in [-0.4, -0.2) is 17.8 Å². The van der Waals surface area contributed by atoms with E-state index in [1.165, 1.54) is 5.56 Å². The minimum absolute atomic E-state index is 0.236. The zero-order valence-corrected chi connectivity index (χ0v) is 9.52. The second-order valence-corrected chi connectivity index (χ2v) is 4.19. The van der Waals surface area contributed by atoms with Crippen LogP contribution in [0.4, 0.5) is 0 Å². The Morgan fingerprint density at radius 2 is 1.87 bits per heavy atom. The lowest BCUT2D eigenvalue weighted by Gasteiger charge is -2.13. The van der Waals surface area contributed by atoms with Gasteiger partial charge in [0.05, 0.1) is 12.7 Å². The second-order valence-electron chi connectivity index (χ2n) is 4.19. The van der Waals surface area contributed by atoms with Crippen LogP contribution in [0, 0.1) is 5.92 Å². The van der Waals surface area contributed by atoms with E-state index in [0.717, 1.165) is 6.42 Å². The molecule has 0 amide bonds. The molecule has 0 spiro atoms. The van der Waals surface area contributed by atoms with Gasteiger partial charge in [-0.25, -0.2) is 0 Å². The van der Waals surface area contributed by atoms with E-state index in [0.29, 0.717) is 19.1 Å². The van der Waals surface area contributed by atoms with Gasteiger partial charge in [-0.15, -0.1) is 0 Å². The predicted molar refractivity (Wildman–Crippen MR) is 61.6 cm³/mol. The van der Waals surface area contributed by atoms with Gasteiger partial charge >= 0.3 is 0 Å². The van der Waals surface area contributed by atoms with Gasteiger partial charge < -0.3 is 9.84 Å². The molecule has 0 radical (unpaired) electrons. The third-order valence-corrected chi connectivity index (χ3v) is 2.26. The van der Waals surface area contributed by atoms with E-state index in [-0.39, 0.29) is 6.10 Å². The zero-order valence-electron chi connectivity index (χ0n) is 9.52. The standard InChI is InChI=1S/C13H20O2/c1-11(8-12(2)14)9-15-10-13-6-4-3-5-7-13/h3-7,11-12,14H,8-10H2,1-2H3. The molecule has 2 heteroatoms. The second kappa shape index (κ2) is 6.59. The Balaban J connectivity index is 2.16. The van der Waals surface area contributed by atoms with E-state index in [2.05, 4.69) is 19.1 Å². The molecule has 0 aliphatic heterocycles. The van der Waals surface area contributed by atoms with E-state index in [9.17, 15) is 5.11 Å². The van der Waals surface area contributed by atoms with Crippen LogP contribution in [0.2, 0.25) is 0 Å². The SMILES string of the molecule is CC(O)CC(C)COCc1ccccc1. The number of hydrogen-bond donors (Lipinski definition) is 1. The lowest BCUT2D eigenvalue weighted by atomic mass is 10.1. The molecule has 15 heavy (non-hydrogen) atoms. The monoisotopic (exact) mass is 208 g/mol. The molecular weight excluding hydrogens is 188 g/mol. The fraction of sp³-hybridized carbons (Fsp3) is 0.538. The molecule has 0 heterocycles. The average Bonchev–Trinajstić information content (AvgIpc) is 2.18. The largest absolute Gasteiger partial charge is 0.393 e. The fourth-order valence-corrected chi connectivity index (χ4v) is 1.60. The Kier molecular flexibility index (Phi) is 5.37. The van der Waals surface area contributed by atoms with Crippen molar-refractivity contribution in [2.75, 3.05) is 6.61 Å². The third-order valence-electron chi connectivity index (χ3n) is 2.26. The summed E-state index contributed by atoms with van der Waals surface area (Å²) in [6.45, 7) is 5.27. The van der Waals surface area contributed by atoms with E-state index < -0.39 is 0 Å². The molecule has 0 saturated heterocycles. The quantitative estimate of drug-likeness (QED) is 0.778. The van der Waals surface area contributed by atoms with Crippen molar-refractivity contribution in [2.24, 2.45) is 5.92 Å². The molecule has 0 aliphatic rings. The first-order chi connectivity index (χ1) is 7.18. The van der Waals surface area contributed by atoms with Crippen LogP contribution in [0.25, 0.3) is 0 Å². The summed E-state index contributed by atoms with van der Waals surface area (Å²) in [6, 6.07) is 10.1. The number of aliphatic hydroxyl groups excluding tert-OH is 1. The van der Waals surface area contributed by atoms with Crippen molar-refractivity contribution in [3.8, 4) is 0 Å². The smallest absolute Gasteiger partial charge is 0.0717 e. The highest BCUT2D eigenvalue weighted by Crippen LogP contribution is 2.08. The maximum Gasteiger partial charge on any atom is 0.0717 e. The minimum Gasteiger partial charge on any atom is -0.393 e. The molecule has 0 saturated carbocycles. The van der Waals surface area contributed by atoms with Crippen LogP contribution in [0.15, 0.2) is 30.3 Å².